The normalized spacial score (nSPS) is 18.4. The molecule has 1 aromatic heterocycles. The molecule has 1 atom stereocenters. The van der Waals surface area contributed by atoms with Crippen LogP contribution in [0.5, 0.6) is 0 Å². The summed E-state index contributed by atoms with van der Waals surface area (Å²) in [7, 11) is 0. The summed E-state index contributed by atoms with van der Waals surface area (Å²) in [6.45, 7) is 0. The Hall–Kier alpha value is -1.94. The number of fused-ring (bicyclic) bond motifs is 1. The van der Waals surface area contributed by atoms with E-state index in [0.29, 0.717) is 5.95 Å². The highest BCUT2D eigenvalue weighted by atomic mass is 15.0. The third kappa shape index (κ3) is 1.84. The van der Waals surface area contributed by atoms with Gasteiger partial charge in [0.2, 0.25) is 5.95 Å². The second-order valence-electron chi connectivity index (χ2n) is 4.66. The number of aryl methyl sites for hydroxylation is 1. The summed E-state index contributed by atoms with van der Waals surface area (Å²) in [5, 5.41) is 0. The highest BCUT2D eigenvalue weighted by Gasteiger charge is 2.23. The van der Waals surface area contributed by atoms with Crippen molar-refractivity contribution < 1.29 is 0 Å². The van der Waals surface area contributed by atoms with Crippen LogP contribution in [0.25, 0.3) is 11.3 Å². The molecular weight excluding hydrogens is 224 g/mol. The molecule has 1 aromatic carbocycles. The largest absolute Gasteiger partial charge is 0.368 e. The van der Waals surface area contributed by atoms with Crippen LogP contribution in [0, 0.1) is 0 Å². The highest BCUT2D eigenvalue weighted by Crippen LogP contribution is 2.34. The van der Waals surface area contributed by atoms with E-state index in [1.165, 1.54) is 0 Å². The van der Waals surface area contributed by atoms with E-state index < -0.39 is 0 Å². The quantitative estimate of drug-likeness (QED) is 0.799. The van der Waals surface area contributed by atoms with Gasteiger partial charge >= 0.3 is 0 Å². The lowest BCUT2D eigenvalue weighted by molar-refractivity contribution is 0.559. The van der Waals surface area contributed by atoms with Gasteiger partial charge in [0.25, 0.3) is 0 Å². The van der Waals surface area contributed by atoms with Crippen LogP contribution in [-0.4, -0.2) is 9.97 Å². The molecule has 1 unspecified atom stereocenters. The zero-order valence-electron chi connectivity index (χ0n) is 10.1. The van der Waals surface area contributed by atoms with Crippen LogP contribution in [0.2, 0.25) is 0 Å². The first-order chi connectivity index (χ1) is 8.75. The molecule has 3 rings (SSSR count). The fourth-order valence-corrected chi connectivity index (χ4v) is 2.56. The number of nitrogens with zero attached hydrogens (tertiary/aromatic N) is 2. The molecule has 1 aliphatic rings. The number of anilines is 1. The topological polar surface area (TPSA) is 77.8 Å². The summed E-state index contributed by atoms with van der Waals surface area (Å²) in [5.74, 6) is 0.335. The molecule has 0 bridgehead atoms. The minimum atomic E-state index is 0.0181. The minimum absolute atomic E-state index is 0.0181. The van der Waals surface area contributed by atoms with Crippen molar-refractivity contribution in [2.24, 2.45) is 5.73 Å². The standard InChI is InChI=1S/C14H16N4/c15-10-7-4-8-11-12(10)13(18-14(16)17-11)9-5-2-1-3-6-9/h1-3,5-6,10H,4,7-8,15H2,(H2,16,17,18). The number of rotatable bonds is 1. The van der Waals surface area contributed by atoms with E-state index in [2.05, 4.69) is 9.97 Å². The Morgan fingerprint density at radius 1 is 1.11 bits per heavy atom. The summed E-state index contributed by atoms with van der Waals surface area (Å²) in [5.41, 5.74) is 16.1. The second-order valence-corrected chi connectivity index (χ2v) is 4.66. The van der Waals surface area contributed by atoms with E-state index in [1.54, 1.807) is 0 Å². The number of benzene rings is 1. The molecule has 0 aliphatic heterocycles. The van der Waals surface area contributed by atoms with Crippen LogP contribution in [0.4, 0.5) is 5.95 Å². The van der Waals surface area contributed by atoms with Crippen molar-refractivity contribution in [1.82, 2.24) is 9.97 Å². The molecule has 1 heterocycles. The van der Waals surface area contributed by atoms with Gasteiger partial charge in [-0.15, -0.1) is 0 Å². The first kappa shape index (κ1) is 11.2. The van der Waals surface area contributed by atoms with E-state index in [4.69, 9.17) is 11.5 Å². The van der Waals surface area contributed by atoms with Crippen molar-refractivity contribution in [3.05, 3.63) is 41.6 Å². The van der Waals surface area contributed by atoms with Crippen LogP contribution < -0.4 is 11.5 Å². The molecule has 0 saturated heterocycles. The average molecular weight is 240 g/mol. The fourth-order valence-electron chi connectivity index (χ4n) is 2.56. The summed E-state index contributed by atoms with van der Waals surface area (Å²) in [6.07, 6.45) is 2.99. The van der Waals surface area contributed by atoms with Gasteiger partial charge in [0.1, 0.15) is 0 Å². The van der Waals surface area contributed by atoms with Gasteiger partial charge in [-0.1, -0.05) is 30.3 Å². The van der Waals surface area contributed by atoms with Gasteiger partial charge in [-0.2, -0.15) is 0 Å². The molecule has 92 valence electrons. The summed E-state index contributed by atoms with van der Waals surface area (Å²) < 4.78 is 0. The number of hydrogen-bond acceptors (Lipinski definition) is 4. The van der Waals surface area contributed by atoms with Crippen molar-refractivity contribution in [1.29, 1.82) is 0 Å². The van der Waals surface area contributed by atoms with Gasteiger partial charge in [-0.05, 0) is 19.3 Å². The van der Waals surface area contributed by atoms with Crippen molar-refractivity contribution in [3.8, 4) is 11.3 Å². The van der Waals surface area contributed by atoms with Crippen LogP contribution in [0.3, 0.4) is 0 Å². The fraction of sp³-hybridized carbons (Fsp3) is 0.286. The summed E-state index contributed by atoms with van der Waals surface area (Å²) in [6, 6.07) is 10.1. The molecule has 0 radical (unpaired) electrons. The molecule has 2 aromatic rings. The Balaban J connectivity index is 2.23. The molecule has 4 N–H and O–H groups in total. The third-order valence-corrected chi connectivity index (χ3v) is 3.39. The highest BCUT2D eigenvalue weighted by molar-refractivity contribution is 5.66. The van der Waals surface area contributed by atoms with Crippen LogP contribution in [-0.2, 0) is 6.42 Å². The Bertz CT molecular complexity index is 566. The van der Waals surface area contributed by atoms with Gasteiger partial charge < -0.3 is 11.5 Å². The third-order valence-electron chi connectivity index (χ3n) is 3.39. The van der Waals surface area contributed by atoms with Gasteiger partial charge in [-0.25, -0.2) is 9.97 Å². The Morgan fingerprint density at radius 2 is 1.89 bits per heavy atom. The molecular formula is C14H16N4. The maximum Gasteiger partial charge on any atom is 0.220 e. The van der Waals surface area contributed by atoms with Crippen LogP contribution in [0.15, 0.2) is 30.3 Å². The Labute approximate surface area is 106 Å². The van der Waals surface area contributed by atoms with E-state index in [-0.39, 0.29) is 6.04 Å². The minimum Gasteiger partial charge on any atom is -0.368 e. The van der Waals surface area contributed by atoms with E-state index >= 15 is 0 Å². The molecule has 4 heteroatoms. The second kappa shape index (κ2) is 4.38. The van der Waals surface area contributed by atoms with Crippen molar-refractivity contribution in [2.45, 2.75) is 25.3 Å². The lowest BCUT2D eigenvalue weighted by Gasteiger charge is -2.24. The number of nitrogens with two attached hydrogens (primary N) is 2. The first-order valence-corrected chi connectivity index (χ1v) is 6.23. The maximum absolute atomic E-state index is 6.21. The monoisotopic (exact) mass is 240 g/mol. The zero-order valence-corrected chi connectivity index (χ0v) is 10.1. The van der Waals surface area contributed by atoms with Crippen LogP contribution >= 0.6 is 0 Å². The number of hydrogen-bond donors (Lipinski definition) is 2. The smallest absolute Gasteiger partial charge is 0.220 e. The first-order valence-electron chi connectivity index (χ1n) is 6.23. The number of nitrogen functional groups attached to an aromatic ring is 1. The molecule has 0 fully saturated rings. The SMILES string of the molecule is Nc1nc2c(c(-c3ccccc3)n1)C(N)CCC2. The van der Waals surface area contributed by atoms with Gasteiger partial charge in [-0.3, -0.25) is 0 Å². The Morgan fingerprint density at radius 3 is 2.67 bits per heavy atom. The number of aromatic nitrogens is 2. The van der Waals surface area contributed by atoms with Gasteiger partial charge in [0.05, 0.1) is 11.4 Å². The lowest BCUT2D eigenvalue weighted by atomic mass is 9.88. The molecule has 18 heavy (non-hydrogen) atoms. The molecule has 0 saturated carbocycles. The molecule has 0 spiro atoms. The van der Waals surface area contributed by atoms with Crippen molar-refractivity contribution >= 4 is 5.95 Å². The predicted molar refractivity (Wildman–Crippen MR) is 71.7 cm³/mol. The zero-order chi connectivity index (χ0) is 12.5. The van der Waals surface area contributed by atoms with E-state index in [9.17, 15) is 0 Å². The van der Waals surface area contributed by atoms with Crippen LogP contribution in [0.1, 0.15) is 30.1 Å². The van der Waals surface area contributed by atoms with E-state index in [0.717, 1.165) is 41.8 Å². The van der Waals surface area contributed by atoms with Gasteiger partial charge in [0, 0.05) is 17.2 Å². The summed E-state index contributed by atoms with van der Waals surface area (Å²) in [4.78, 5) is 8.73. The Kier molecular flexibility index (Phi) is 2.72. The van der Waals surface area contributed by atoms with E-state index in [1.807, 2.05) is 30.3 Å². The molecule has 0 amide bonds. The predicted octanol–water partition coefficient (Wildman–Crippen LogP) is 2.06. The average Bonchev–Trinajstić information content (AvgIpc) is 2.39. The van der Waals surface area contributed by atoms with Crippen molar-refractivity contribution in [3.63, 3.8) is 0 Å². The van der Waals surface area contributed by atoms with Gasteiger partial charge in [0.15, 0.2) is 0 Å². The molecule has 4 nitrogen and oxygen atoms in total. The maximum atomic E-state index is 6.21. The molecule has 1 aliphatic carbocycles. The summed E-state index contributed by atoms with van der Waals surface area (Å²) >= 11 is 0. The lowest BCUT2D eigenvalue weighted by Crippen LogP contribution is -2.21. The van der Waals surface area contributed by atoms with Crippen molar-refractivity contribution in [2.75, 3.05) is 5.73 Å².